The molecule has 0 aliphatic heterocycles. The fourth-order valence-electron chi connectivity index (χ4n) is 7.05. The number of ether oxygens (including phenoxy) is 2. The van der Waals surface area contributed by atoms with Crippen LogP contribution in [0.3, 0.4) is 0 Å². The highest BCUT2D eigenvalue weighted by atomic mass is 35.5. The number of methoxy groups -OCH3 is 1. The molecule has 7 nitrogen and oxygen atoms in total. The maximum absolute atomic E-state index is 14.8. The quantitative estimate of drug-likeness (QED) is 0.197. The van der Waals surface area contributed by atoms with Gasteiger partial charge in [-0.2, -0.15) is 0 Å². The number of hydrogen-bond donors (Lipinski definition) is 1. The highest BCUT2D eigenvalue weighted by Crippen LogP contribution is 2.60. The van der Waals surface area contributed by atoms with Crippen molar-refractivity contribution in [2.45, 2.75) is 62.3 Å². The van der Waals surface area contributed by atoms with E-state index in [1.54, 1.807) is 31.4 Å². The molecule has 2 aromatic heterocycles. The summed E-state index contributed by atoms with van der Waals surface area (Å²) in [7, 11) is 1.66. The number of rotatable bonds is 8. The van der Waals surface area contributed by atoms with E-state index in [2.05, 4.69) is 15.0 Å². The topological polar surface area (TPSA) is 82.0 Å². The number of benzene rings is 2. The molecule has 11 heteroatoms. The minimum atomic E-state index is -1.21. The van der Waals surface area contributed by atoms with E-state index >= 15 is 0 Å². The van der Waals surface area contributed by atoms with Crippen molar-refractivity contribution in [2.75, 3.05) is 13.7 Å². The van der Waals surface area contributed by atoms with Crippen LogP contribution in [0.15, 0.2) is 34.9 Å². The highest BCUT2D eigenvalue weighted by molar-refractivity contribution is 7.18. The fraction of sp³-hybridized carbons (Fsp3) is 0.452. The number of nitrogens with zero attached hydrogens (tertiary/aromatic N) is 3. The molecule has 3 aliphatic rings. The van der Waals surface area contributed by atoms with E-state index in [9.17, 15) is 9.50 Å². The second-order valence-electron chi connectivity index (χ2n) is 11.8. The number of aliphatic hydroxyl groups is 1. The number of thiazole rings is 1. The van der Waals surface area contributed by atoms with Crippen LogP contribution in [0.5, 0.6) is 0 Å². The van der Waals surface area contributed by atoms with Gasteiger partial charge in [0.1, 0.15) is 33.4 Å². The largest absolute Gasteiger partial charge is 0.382 e. The second kappa shape index (κ2) is 10.5. The molecule has 0 radical (unpaired) electrons. The van der Waals surface area contributed by atoms with Gasteiger partial charge < -0.3 is 19.1 Å². The van der Waals surface area contributed by atoms with E-state index in [1.807, 2.05) is 0 Å². The number of aromatic nitrogens is 2. The minimum absolute atomic E-state index is 0.154. The first-order valence-electron chi connectivity index (χ1n) is 14.0. The summed E-state index contributed by atoms with van der Waals surface area (Å²) < 4.78 is 33.7. The van der Waals surface area contributed by atoms with Gasteiger partial charge in [-0.3, -0.25) is 0 Å². The van der Waals surface area contributed by atoms with Crippen molar-refractivity contribution in [3.8, 4) is 11.3 Å². The third kappa shape index (κ3) is 4.55. The van der Waals surface area contributed by atoms with Gasteiger partial charge in [0.25, 0.3) is 0 Å². The molecule has 0 spiro atoms. The van der Waals surface area contributed by atoms with Gasteiger partial charge >= 0.3 is 0 Å². The lowest BCUT2D eigenvalue weighted by Gasteiger charge is -2.47. The van der Waals surface area contributed by atoms with E-state index in [-0.39, 0.29) is 29.6 Å². The third-order valence-corrected chi connectivity index (χ3v) is 10.9. The molecule has 0 saturated heterocycles. The summed E-state index contributed by atoms with van der Waals surface area (Å²) in [6.07, 6.45) is 4.74. The average molecular weight is 629 g/mol. The molecule has 2 heterocycles. The van der Waals surface area contributed by atoms with E-state index in [0.29, 0.717) is 56.4 Å². The lowest BCUT2D eigenvalue weighted by molar-refractivity contribution is -0.183. The molecular weight excluding hydrogens is 600 g/mol. The van der Waals surface area contributed by atoms with E-state index < -0.39 is 17.0 Å². The zero-order valence-corrected chi connectivity index (χ0v) is 25.2. The Labute approximate surface area is 256 Å². The fourth-order valence-corrected chi connectivity index (χ4v) is 8.88. The molecule has 0 amide bonds. The van der Waals surface area contributed by atoms with Gasteiger partial charge in [0.15, 0.2) is 5.69 Å². The Bertz CT molecular complexity index is 1690. The number of halogens is 3. The van der Waals surface area contributed by atoms with Crippen LogP contribution < -0.4 is 0 Å². The molecule has 2 aromatic carbocycles. The summed E-state index contributed by atoms with van der Waals surface area (Å²) in [5, 5.41) is 18.1. The molecule has 4 aromatic rings. The summed E-state index contributed by atoms with van der Waals surface area (Å²) in [5.74, 6) is 0.245. The summed E-state index contributed by atoms with van der Waals surface area (Å²) in [5.41, 5.74) is 0.606. The SMILES string of the molecule is [C-]#[N+]c1cc(F)c2nc(C3(O)[C@@H]4CC[C@H]3CC(COC)(OCc3c(-c5c(Cl)cccc5Cl)noc3C3CC3)C4)sc2c1. The van der Waals surface area contributed by atoms with Gasteiger partial charge in [-0.1, -0.05) is 34.4 Å². The van der Waals surface area contributed by atoms with Gasteiger partial charge in [0, 0.05) is 28.9 Å². The number of hydrogen-bond acceptors (Lipinski definition) is 7. The molecule has 1 N–H and O–H groups in total. The van der Waals surface area contributed by atoms with Crippen LogP contribution in [0.4, 0.5) is 10.1 Å². The van der Waals surface area contributed by atoms with Gasteiger partial charge in [-0.25, -0.2) is 14.2 Å². The van der Waals surface area contributed by atoms with E-state index in [4.69, 9.17) is 43.8 Å². The molecule has 3 aliphatic carbocycles. The van der Waals surface area contributed by atoms with Crippen molar-refractivity contribution < 1.29 is 23.5 Å². The van der Waals surface area contributed by atoms with Gasteiger partial charge in [-0.05, 0) is 74.6 Å². The zero-order valence-electron chi connectivity index (χ0n) is 22.8. The minimum Gasteiger partial charge on any atom is -0.382 e. The Kier molecular flexibility index (Phi) is 7.08. The maximum atomic E-state index is 14.8. The van der Waals surface area contributed by atoms with Crippen LogP contribution in [0.25, 0.3) is 26.3 Å². The summed E-state index contributed by atoms with van der Waals surface area (Å²) in [6, 6.07) is 8.18. The number of fused-ring (bicyclic) bond motifs is 3. The standard InChI is InChI=1S/C31H28Cl2FN3O4S/c1-35-19-10-23(34)27-24(11-19)42-29(36-27)31(38)17-8-9-18(31)13-30(12-17,15-39-2)40-14-20-26(37-41-28(20)16-6-7-16)25-21(32)4-3-5-22(25)33/h3-5,10-11,16-18,38H,6-9,12-15H2,2H3/t17-,18+,30?,31?. The summed E-state index contributed by atoms with van der Waals surface area (Å²) >= 11 is 14.4. The van der Waals surface area contributed by atoms with Gasteiger partial charge in [-0.15, -0.1) is 11.3 Å². The average Bonchev–Trinajstić information content (AvgIpc) is 3.53. The lowest BCUT2D eigenvalue weighted by Crippen LogP contribution is -2.52. The molecule has 2 unspecified atom stereocenters. The van der Waals surface area contributed by atoms with Crippen LogP contribution in [0.1, 0.15) is 60.8 Å². The van der Waals surface area contributed by atoms with Crippen molar-refractivity contribution in [3.05, 3.63) is 73.9 Å². The maximum Gasteiger partial charge on any atom is 0.191 e. The predicted octanol–water partition coefficient (Wildman–Crippen LogP) is 8.43. The molecule has 4 atom stereocenters. The Balaban J connectivity index is 1.20. The molecule has 7 rings (SSSR count). The van der Waals surface area contributed by atoms with E-state index in [1.165, 1.54) is 17.4 Å². The zero-order chi connectivity index (χ0) is 29.2. The molecule has 3 saturated carbocycles. The highest BCUT2D eigenvalue weighted by Gasteiger charge is 2.60. The Morgan fingerprint density at radius 3 is 2.52 bits per heavy atom. The lowest BCUT2D eigenvalue weighted by atomic mass is 9.68. The first-order valence-corrected chi connectivity index (χ1v) is 15.6. The Morgan fingerprint density at radius 1 is 1.17 bits per heavy atom. The van der Waals surface area contributed by atoms with E-state index in [0.717, 1.165) is 37.0 Å². The van der Waals surface area contributed by atoms with Crippen molar-refractivity contribution >= 4 is 50.4 Å². The summed E-state index contributed by atoms with van der Waals surface area (Å²) in [4.78, 5) is 7.95. The van der Waals surface area contributed by atoms with Crippen LogP contribution in [-0.2, 0) is 21.7 Å². The van der Waals surface area contributed by atoms with Crippen LogP contribution >= 0.6 is 34.5 Å². The van der Waals surface area contributed by atoms with Crippen molar-refractivity contribution in [2.24, 2.45) is 11.8 Å². The molecule has 2 bridgehead atoms. The first kappa shape index (κ1) is 28.2. The monoisotopic (exact) mass is 627 g/mol. The molecule has 42 heavy (non-hydrogen) atoms. The van der Waals surface area contributed by atoms with Crippen LogP contribution in [-0.4, -0.2) is 34.6 Å². The van der Waals surface area contributed by atoms with Crippen molar-refractivity contribution in [1.82, 2.24) is 10.1 Å². The van der Waals surface area contributed by atoms with Crippen LogP contribution in [0.2, 0.25) is 10.0 Å². The normalized spacial score (nSPS) is 27.0. The smallest absolute Gasteiger partial charge is 0.191 e. The van der Waals surface area contributed by atoms with Crippen molar-refractivity contribution in [1.29, 1.82) is 0 Å². The molecule has 218 valence electrons. The molecule has 3 fully saturated rings. The molecular formula is C31H28Cl2FN3O4S. The predicted molar refractivity (Wildman–Crippen MR) is 159 cm³/mol. The Morgan fingerprint density at radius 2 is 1.88 bits per heavy atom. The summed E-state index contributed by atoms with van der Waals surface area (Å²) in [6.45, 7) is 7.86. The first-order chi connectivity index (χ1) is 20.3. The van der Waals surface area contributed by atoms with Gasteiger partial charge in [0.2, 0.25) is 0 Å². The second-order valence-corrected chi connectivity index (χ2v) is 13.6. The van der Waals surface area contributed by atoms with Gasteiger partial charge in [0.05, 0.1) is 35.4 Å². The van der Waals surface area contributed by atoms with Crippen molar-refractivity contribution in [3.63, 3.8) is 0 Å². The third-order valence-electron chi connectivity index (χ3n) is 9.15. The Hall–Kier alpha value is -2.58. The van der Waals surface area contributed by atoms with Crippen LogP contribution in [0, 0.1) is 24.2 Å².